The molecule has 1 atom stereocenters. The predicted molar refractivity (Wildman–Crippen MR) is 179 cm³/mol. The second kappa shape index (κ2) is 18.6. The van der Waals surface area contributed by atoms with E-state index >= 15 is 0 Å². The Morgan fingerprint density at radius 2 is 1.77 bits per heavy atom. The first-order chi connectivity index (χ1) is 19.1. The molecule has 1 aliphatic heterocycles. The summed E-state index contributed by atoms with van der Waals surface area (Å²) in [6.07, 6.45) is 5.75. The van der Waals surface area contributed by atoms with Crippen LogP contribution in [0.1, 0.15) is 71.1 Å². The summed E-state index contributed by atoms with van der Waals surface area (Å²) in [6.45, 7) is 27.5. The van der Waals surface area contributed by atoms with Crippen molar-refractivity contribution in [1.82, 2.24) is 9.88 Å². The highest BCUT2D eigenvalue weighted by molar-refractivity contribution is 6.33. The van der Waals surface area contributed by atoms with Crippen LogP contribution in [-0.2, 0) is 13.0 Å². The molecule has 3 nitrogen and oxygen atoms in total. The van der Waals surface area contributed by atoms with Gasteiger partial charge in [0.25, 0.3) is 0 Å². The van der Waals surface area contributed by atoms with Gasteiger partial charge < -0.3 is 14.6 Å². The maximum absolute atomic E-state index is 6.53. The predicted octanol–water partition coefficient (Wildman–Crippen LogP) is 8.50. The van der Waals surface area contributed by atoms with Crippen LogP contribution in [0.25, 0.3) is 23.9 Å². The van der Waals surface area contributed by atoms with E-state index in [4.69, 9.17) is 16.3 Å². The van der Waals surface area contributed by atoms with Gasteiger partial charge in [0.2, 0.25) is 0 Å². The minimum atomic E-state index is 0.632. The van der Waals surface area contributed by atoms with E-state index in [0.717, 1.165) is 48.4 Å². The van der Waals surface area contributed by atoms with Crippen molar-refractivity contribution in [2.75, 3.05) is 20.2 Å². The van der Waals surface area contributed by atoms with Crippen LogP contribution in [0.4, 0.5) is 0 Å². The first-order valence-corrected chi connectivity index (χ1v) is 15.1. The van der Waals surface area contributed by atoms with E-state index in [1.54, 1.807) is 7.11 Å². The zero-order chi connectivity index (χ0) is 30.2. The molecule has 0 amide bonds. The minimum absolute atomic E-state index is 0.632. The van der Waals surface area contributed by atoms with E-state index < -0.39 is 0 Å². The molecule has 0 saturated carbocycles. The molecule has 1 aromatic heterocycles. The maximum Gasteiger partial charge on any atom is 0.120 e. The van der Waals surface area contributed by atoms with Gasteiger partial charge in [-0.25, -0.2) is 0 Å². The van der Waals surface area contributed by atoms with Gasteiger partial charge in [-0.1, -0.05) is 68.8 Å². The van der Waals surface area contributed by atoms with Crippen LogP contribution in [0.3, 0.4) is 0 Å². The number of aromatic nitrogens is 1. The highest BCUT2D eigenvalue weighted by Crippen LogP contribution is 2.31. The van der Waals surface area contributed by atoms with Crippen molar-refractivity contribution >= 4 is 24.3 Å². The lowest BCUT2D eigenvalue weighted by Gasteiger charge is -2.24. The van der Waals surface area contributed by atoms with Crippen LogP contribution < -0.4 is 20.6 Å². The van der Waals surface area contributed by atoms with Crippen LogP contribution in [0.5, 0.6) is 5.75 Å². The van der Waals surface area contributed by atoms with Crippen molar-refractivity contribution in [2.45, 2.75) is 81.2 Å². The largest absolute Gasteiger partial charge is 0.497 e. The Morgan fingerprint density at radius 1 is 1.10 bits per heavy atom. The molecule has 2 heterocycles. The molecule has 3 aromatic rings. The zero-order valence-electron chi connectivity index (χ0n) is 26.6. The first-order valence-electron chi connectivity index (χ1n) is 14.7. The number of nitrogens with one attached hydrogen (secondary N) is 1. The Kier molecular flexibility index (Phi) is 16.4. The molecule has 0 unspecified atom stereocenters. The van der Waals surface area contributed by atoms with Crippen LogP contribution in [0.15, 0.2) is 54.6 Å². The fourth-order valence-electron chi connectivity index (χ4n) is 4.48. The van der Waals surface area contributed by atoms with Crippen molar-refractivity contribution in [3.63, 3.8) is 0 Å². The van der Waals surface area contributed by atoms with Crippen molar-refractivity contribution < 1.29 is 4.74 Å². The lowest BCUT2D eigenvalue weighted by atomic mass is 9.99. The van der Waals surface area contributed by atoms with Crippen LogP contribution >= 0.6 is 11.6 Å². The Hall–Kier alpha value is -2.75. The zero-order valence-corrected chi connectivity index (χ0v) is 27.3. The van der Waals surface area contributed by atoms with Gasteiger partial charge in [0.05, 0.1) is 17.8 Å². The van der Waals surface area contributed by atoms with E-state index in [1.165, 1.54) is 40.3 Å². The number of rotatable bonds is 5. The molecule has 0 radical (unpaired) electrons. The van der Waals surface area contributed by atoms with Gasteiger partial charge in [0.1, 0.15) is 5.75 Å². The molecule has 1 N–H and O–H groups in total. The third-order valence-electron chi connectivity index (χ3n) is 6.82. The van der Waals surface area contributed by atoms with Crippen LogP contribution in [0, 0.1) is 19.8 Å². The minimum Gasteiger partial charge on any atom is -0.497 e. The summed E-state index contributed by atoms with van der Waals surface area (Å²) >= 11 is 6.53. The molecular weight excluding hydrogens is 512 g/mol. The number of allylic oxidation sites excluding steroid dienone is 1. The molecule has 40 heavy (non-hydrogen) atoms. The lowest BCUT2D eigenvalue weighted by Crippen LogP contribution is -2.36. The van der Waals surface area contributed by atoms with Crippen molar-refractivity contribution in [2.24, 2.45) is 5.92 Å². The Morgan fingerprint density at radius 3 is 2.27 bits per heavy atom. The van der Waals surface area contributed by atoms with E-state index in [-0.39, 0.29) is 0 Å². The highest BCUT2D eigenvalue weighted by Gasteiger charge is 2.17. The van der Waals surface area contributed by atoms with Gasteiger partial charge in [-0.2, -0.15) is 0 Å². The van der Waals surface area contributed by atoms with E-state index in [2.05, 4.69) is 81.1 Å². The number of halogens is 1. The van der Waals surface area contributed by atoms with Crippen molar-refractivity contribution in [1.29, 1.82) is 0 Å². The van der Waals surface area contributed by atoms with Gasteiger partial charge in [-0.15, -0.1) is 6.58 Å². The molecule has 1 fully saturated rings. The quantitative estimate of drug-likeness (QED) is 0.314. The van der Waals surface area contributed by atoms with Gasteiger partial charge in [-0.05, 0) is 119 Å². The summed E-state index contributed by atoms with van der Waals surface area (Å²) in [7, 11) is 1.66. The third kappa shape index (κ3) is 11.0. The number of hydrogen-bond acceptors (Lipinski definition) is 2. The van der Waals surface area contributed by atoms with Gasteiger partial charge >= 0.3 is 0 Å². The molecule has 1 aliphatic rings. The number of piperidine rings is 1. The van der Waals surface area contributed by atoms with Gasteiger partial charge in [0, 0.05) is 17.5 Å². The molecule has 0 bridgehead atoms. The number of benzene rings is 2. The number of nitrogens with zero attached hydrogens (tertiary/aromatic N) is 1. The first kappa shape index (κ1) is 35.3. The standard InChI is InChI=1S/C20H25ClN2O.C10H14.C4H8.C2H6/c1-4-16-10-20(18-8-7-17(24-3)11-19(18)21)23(14(16)2)13-15-6-5-9-22-12-15;1-4-10-6-5-8(2)9(3)7-10;1-4(2)3;1-2/h4,7-8,10-11,15,22H,2,5-6,9,12-13H2,1,3H3;5-7H,4H2,1-3H3;1H2,2-3H3;1-2H3/b16-4-;;;/t15-;;;/m1.../s1. The summed E-state index contributed by atoms with van der Waals surface area (Å²) in [6, 6.07) is 14.7. The average Bonchev–Trinajstić information content (AvgIpc) is 3.26. The topological polar surface area (TPSA) is 26.2 Å². The SMILES string of the molecule is C=C(C)C.C=c1/c(=C\C)cc(-c2ccc(OC)cc2Cl)n1C[C@@H]1CCCNC1.CC.CCc1ccc(C)c(C)c1. The second-order valence-corrected chi connectivity index (χ2v) is 10.8. The number of hydrogen-bond donors (Lipinski definition) is 1. The molecule has 0 spiro atoms. The summed E-state index contributed by atoms with van der Waals surface area (Å²) in [5.41, 5.74) is 7.55. The van der Waals surface area contributed by atoms with E-state index in [0.29, 0.717) is 10.9 Å². The fraction of sp³-hybridized carbons (Fsp3) is 0.444. The maximum atomic E-state index is 6.53. The summed E-state index contributed by atoms with van der Waals surface area (Å²) in [5.74, 6) is 1.41. The fourth-order valence-corrected chi connectivity index (χ4v) is 4.75. The molecule has 2 aromatic carbocycles. The monoisotopic (exact) mass is 564 g/mol. The Bertz CT molecular complexity index is 1300. The van der Waals surface area contributed by atoms with Crippen molar-refractivity contribution in [3.8, 4) is 17.0 Å². The summed E-state index contributed by atoms with van der Waals surface area (Å²) in [5, 5.41) is 6.43. The molecular formula is C36H53ClN2O. The van der Waals surface area contributed by atoms with Crippen LogP contribution in [0.2, 0.25) is 5.02 Å². The average molecular weight is 565 g/mol. The molecule has 4 heteroatoms. The highest BCUT2D eigenvalue weighted by atomic mass is 35.5. The Balaban J connectivity index is 0.000000414. The summed E-state index contributed by atoms with van der Waals surface area (Å²) in [4.78, 5) is 0. The van der Waals surface area contributed by atoms with Crippen molar-refractivity contribution in [3.05, 3.63) is 86.9 Å². The molecule has 220 valence electrons. The van der Waals surface area contributed by atoms with E-state index in [9.17, 15) is 0 Å². The number of ether oxygens (including phenoxy) is 1. The summed E-state index contributed by atoms with van der Waals surface area (Å²) < 4.78 is 7.59. The third-order valence-corrected chi connectivity index (χ3v) is 7.14. The van der Waals surface area contributed by atoms with E-state index in [1.807, 2.05) is 45.9 Å². The second-order valence-electron chi connectivity index (χ2n) is 10.4. The molecule has 4 rings (SSSR count). The van der Waals surface area contributed by atoms with Crippen LogP contribution in [-0.4, -0.2) is 24.8 Å². The molecule has 1 saturated heterocycles. The number of aryl methyl sites for hydroxylation is 3. The lowest BCUT2D eigenvalue weighted by molar-refractivity contribution is 0.336. The van der Waals surface area contributed by atoms with Gasteiger partial charge in [0.15, 0.2) is 0 Å². The molecule has 0 aliphatic carbocycles. The normalized spacial score (nSPS) is 14.6. The number of methoxy groups -OCH3 is 1. The smallest absolute Gasteiger partial charge is 0.120 e. The van der Waals surface area contributed by atoms with Gasteiger partial charge in [-0.3, -0.25) is 0 Å². The Labute approximate surface area is 249 Å².